The number of thiazole rings is 1. The molecule has 4 rings (SSSR count). The molecule has 5 heteroatoms. The van der Waals surface area contributed by atoms with Crippen LogP contribution in [0.2, 0.25) is 0 Å². The molecule has 1 aromatic heterocycles. The van der Waals surface area contributed by atoms with Crippen molar-refractivity contribution in [2.45, 2.75) is 32.1 Å². The second-order valence-corrected chi connectivity index (χ2v) is 7.93. The average Bonchev–Trinajstić information content (AvgIpc) is 3.25. The topological polar surface area (TPSA) is 54.0 Å². The highest BCUT2D eigenvalue weighted by Gasteiger charge is 2.39. The van der Waals surface area contributed by atoms with Gasteiger partial charge in [-0.05, 0) is 49.1 Å². The van der Waals surface area contributed by atoms with Crippen molar-refractivity contribution in [3.05, 3.63) is 24.3 Å². The maximum Gasteiger partial charge on any atom is 0.220 e. The van der Waals surface area contributed by atoms with Crippen molar-refractivity contribution in [3.8, 4) is 0 Å². The van der Waals surface area contributed by atoms with E-state index in [0.29, 0.717) is 12.5 Å². The molecule has 2 aliphatic carbocycles. The van der Waals surface area contributed by atoms with Crippen molar-refractivity contribution in [1.29, 1.82) is 0 Å². The average molecular weight is 329 g/mol. The van der Waals surface area contributed by atoms with Crippen LogP contribution in [-0.4, -0.2) is 24.0 Å². The van der Waals surface area contributed by atoms with Crippen molar-refractivity contribution >= 4 is 32.6 Å². The lowest BCUT2D eigenvalue weighted by atomic mass is 9.86. The first-order valence-corrected chi connectivity index (χ1v) is 9.46. The van der Waals surface area contributed by atoms with Gasteiger partial charge in [-0.3, -0.25) is 4.79 Å². The van der Waals surface area contributed by atoms with Crippen LogP contribution >= 0.6 is 11.3 Å². The lowest BCUT2D eigenvalue weighted by Crippen LogP contribution is -2.31. The maximum absolute atomic E-state index is 12.1. The van der Waals surface area contributed by atoms with Gasteiger partial charge >= 0.3 is 0 Å². The largest absolute Gasteiger partial charge is 0.360 e. The number of carbonyl (C=O) groups is 1. The molecule has 0 saturated heterocycles. The highest BCUT2D eigenvalue weighted by Crippen LogP contribution is 2.49. The first kappa shape index (κ1) is 14.9. The summed E-state index contributed by atoms with van der Waals surface area (Å²) in [5.74, 6) is 2.60. The van der Waals surface area contributed by atoms with E-state index in [-0.39, 0.29) is 5.91 Å². The monoisotopic (exact) mass is 329 g/mol. The Balaban J connectivity index is 1.19. The Hall–Kier alpha value is -1.62. The van der Waals surface area contributed by atoms with Crippen molar-refractivity contribution in [2.75, 3.05) is 18.4 Å². The van der Waals surface area contributed by atoms with Gasteiger partial charge in [-0.25, -0.2) is 4.98 Å². The molecule has 2 aromatic rings. The molecule has 2 bridgehead atoms. The molecule has 2 aliphatic rings. The zero-order valence-electron chi connectivity index (χ0n) is 13.3. The molecule has 1 aromatic carbocycles. The number of hydrogen-bond acceptors (Lipinski definition) is 4. The second kappa shape index (κ2) is 6.48. The SMILES string of the molecule is O=C(CC1CC2CCC1C2)NCCNc1nc2ccccc2s1. The van der Waals surface area contributed by atoms with Crippen LogP contribution in [0.5, 0.6) is 0 Å². The summed E-state index contributed by atoms with van der Waals surface area (Å²) >= 11 is 1.66. The third kappa shape index (κ3) is 3.34. The maximum atomic E-state index is 12.1. The van der Waals surface area contributed by atoms with Crippen LogP contribution in [-0.2, 0) is 4.79 Å². The number of carbonyl (C=O) groups excluding carboxylic acids is 1. The summed E-state index contributed by atoms with van der Waals surface area (Å²) in [5.41, 5.74) is 1.03. The normalized spacial score (nSPS) is 25.8. The summed E-state index contributed by atoms with van der Waals surface area (Å²) in [4.78, 5) is 16.6. The Morgan fingerprint density at radius 2 is 2.13 bits per heavy atom. The third-order valence-corrected chi connectivity index (χ3v) is 6.34. The van der Waals surface area contributed by atoms with Crippen LogP contribution < -0.4 is 10.6 Å². The van der Waals surface area contributed by atoms with E-state index in [9.17, 15) is 4.79 Å². The molecule has 0 radical (unpaired) electrons. The number of rotatable bonds is 6. The standard InChI is InChI=1S/C18H23N3OS/c22-17(11-14-10-12-5-6-13(14)9-12)19-7-8-20-18-21-15-3-1-2-4-16(15)23-18/h1-4,12-14H,5-11H2,(H,19,22)(H,20,21). The van der Waals surface area contributed by atoms with Crippen LogP contribution in [0.4, 0.5) is 5.13 Å². The predicted molar refractivity (Wildman–Crippen MR) is 94.7 cm³/mol. The van der Waals surface area contributed by atoms with Gasteiger partial charge in [0.05, 0.1) is 10.2 Å². The fraction of sp³-hybridized carbons (Fsp3) is 0.556. The molecule has 122 valence electrons. The van der Waals surface area contributed by atoms with Gasteiger partial charge in [-0.1, -0.05) is 29.9 Å². The van der Waals surface area contributed by atoms with E-state index in [2.05, 4.69) is 21.7 Å². The van der Waals surface area contributed by atoms with E-state index in [0.717, 1.165) is 35.4 Å². The van der Waals surface area contributed by atoms with Gasteiger partial charge in [0.2, 0.25) is 5.91 Å². The number of fused-ring (bicyclic) bond motifs is 3. The lowest BCUT2D eigenvalue weighted by molar-refractivity contribution is -0.122. The van der Waals surface area contributed by atoms with E-state index in [4.69, 9.17) is 0 Å². The van der Waals surface area contributed by atoms with Crippen molar-refractivity contribution < 1.29 is 4.79 Å². The fourth-order valence-corrected chi connectivity index (χ4v) is 5.15. The van der Waals surface area contributed by atoms with Gasteiger partial charge in [-0.2, -0.15) is 0 Å². The third-order valence-electron chi connectivity index (χ3n) is 5.35. The van der Waals surface area contributed by atoms with E-state index in [1.165, 1.54) is 30.4 Å². The van der Waals surface area contributed by atoms with Gasteiger partial charge in [0.25, 0.3) is 0 Å². The van der Waals surface area contributed by atoms with Crippen molar-refractivity contribution in [1.82, 2.24) is 10.3 Å². The minimum Gasteiger partial charge on any atom is -0.360 e. The number of nitrogens with zero attached hydrogens (tertiary/aromatic N) is 1. The molecule has 1 amide bonds. The molecule has 4 nitrogen and oxygen atoms in total. The molecule has 23 heavy (non-hydrogen) atoms. The van der Waals surface area contributed by atoms with Gasteiger partial charge in [0.1, 0.15) is 0 Å². The van der Waals surface area contributed by atoms with Gasteiger partial charge in [0.15, 0.2) is 5.13 Å². The van der Waals surface area contributed by atoms with Crippen LogP contribution in [0.15, 0.2) is 24.3 Å². The molecule has 2 fully saturated rings. The van der Waals surface area contributed by atoms with E-state index < -0.39 is 0 Å². The summed E-state index contributed by atoms with van der Waals surface area (Å²) in [5, 5.41) is 7.28. The molecule has 1 heterocycles. The summed E-state index contributed by atoms with van der Waals surface area (Å²) in [6, 6.07) is 8.13. The molecule has 0 aliphatic heterocycles. The quantitative estimate of drug-likeness (QED) is 0.795. The fourth-order valence-electron chi connectivity index (χ4n) is 4.26. The first-order valence-electron chi connectivity index (χ1n) is 8.64. The molecule has 3 atom stereocenters. The number of nitrogens with one attached hydrogen (secondary N) is 2. The smallest absolute Gasteiger partial charge is 0.220 e. The Bertz CT molecular complexity index is 665. The molecule has 2 saturated carbocycles. The van der Waals surface area contributed by atoms with E-state index >= 15 is 0 Å². The molecular weight excluding hydrogens is 306 g/mol. The lowest BCUT2D eigenvalue weighted by Gasteiger charge is -2.20. The van der Waals surface area contributed by atoms with Crippen LogP contribution in [0.1, 0.15) is 32.1 Å². The van der Waals surface area contributed by atoms with Crippen LogP contribution in [0.25, 0.3) is 10.2 Å². The number of hydrogen-bond donors (Lipinski definition) is 2. The Kier molecular flexibility index (Phi) is 4.21. The molecule has 2 N–H and O–H groups in total. The highest BCUT2D eigenvalue weighted by molar-refractivity contribution is 7.22. The minimum absolute atomic E-state index is 0.216. The van der Waals surface area contributed by atoms with E-state index in [1.54, 1.807) is 11.3 Å². The summed E-state index contributed by atoms with van der Waals surface area (Å²) in [6.45, 7) is 1.39. The van der Waals surface area contributed by atoms with Crippen molar-refractivity contribution in [2.24, 2.45) is 17.8 Å². The summed E-state index contributed by atoms with van der Waals surface area (Å²) in [7, 11) is 0. The first-order chi connectivity index (χ1) is 11.3. The number of para-hydroxylation sites is 1. The number of benzene rings is 1. The van der Waals surface area contributed by atoms with Gasteiger partial charge in [-0.15, -0.1) is 0 Å². The Labute approximate surface area is 140 Å². The zero-order chi connectivity index (χ0) is 15.6. The number of anilines is 1. The molecule has 3 unspecified atom stereocenters. The number of aromatic nitrogens is 1. The Morgan fingerprint density at radius 1 is 1.22 bits per heavy atom. The second-order valence-electron chi connectivity index (χ2n) is 6.90. The number of amides is 1. The minimum atomic E-state index is 0.216. The summed E-state index contributed by atoms with van der Waals surface area (Å²) < 4.78 is 1.19. The van der Waals surface area contributed by atoms with E-state index in [1.807, 2.05) is 18.2 Å². The Morgan fingerprint density at radius 3 is 2.91 bits per heavy atom. The van der Waals surface area contributed by atoms with Crippen molar-refractivity contribution in [3.63, 3.8) is 0 Å². The van der Waals surface area contributed by atoms with Gasteiger partial charge < -0.3 is 10.6 Å². The molecular formula is C18H23N3OS. The molecule has 0 spiro atoms. The van der Waals surface area contributed by atoms with Crippen LogP contribution in [0, 0.1) is 17.8 Å². The zero-order valence-corrected chi connectivity index (χ0v) is 14.1. The summed E-state index contributed by atoms with van der Waals surface area (Å²) in [6.07, 6.45) is 6.12. The van der Waals surface area contributed by atoms with Crippen LogP contribution in [0.3, 0.4) is 0 Å². The highest BCUT2D eigenvalue weighted by atomic mass is 32.1. The van der Waals surface area contributed by atoms with Gasteiger partial charge in [0, 0.05) is 19.5 Å². The predicted octanol–water partition coefficient (Wildman–Crippen LogP) is 3.65.